The average molecular weight is 399 g/mol. The summed E-state index contributed by atoms with van der Waals surface area (Å²) >= 11 is 0. The number of carbonyl (C=O) groups is 2. The third-order valence-corrected chi connectivity index (χ3v) is 5.82. The Morgan fingerprint density at radius 2 is 1.86 bits per heavy atom. The molecule has 2 amide bonds. The number of benzene rings is 1. The number of amides is 2. The van der Waals surface area contributed by atoms with E-state index in [0.717, 1.165) is 37.0 Å². The van der Waals surface area contributed by atoms with Gasteiger partial charge in [-0.1, -0.05) is 44.9 Å². The number of carbonyl (C=O) groups excluding carboxylic acids is 2. The van der Waals surface area contributed by atoms with Gasteiger partial charge in [-0.3, -0.25) is 9.59 Å². The molecule has 1 saturated carbocycles. The van der Waals surface area contributed by atoms with E-state index in [0.29, 0.717) is 6.54 Å². The molecule has 6 heteroatoms. The predicted molar refractivity (Wildman–Crippen MR) is 111 cm³/mol. The van der Waals surface area contributed by atoms with Gasteiger partial charge in [0.05, 0.1) is 13.4 Å². The van der Waals surface area contributed by atoms with Crippen LogP contribution < -0.4 is 15.4 Å². The second-order valence-corrected chi connectivity index (χ2v) is 8.08. The van der Waals surface area contributed by atoms with Crippen molar-refractivity contribution in [2.75, 3.05) is 13.7 Å². The predicted octanol–water partition coefficient (Wildman–Crippen LogP) is 3.67. The molecular formula is C23H30N2O4. The zero-order chi connectivity index (χ0) is 20.9. The van der Waals surface area contributed by atoms with E-state index in [-0.39, 0.29) is 28.9 Å². The largest absolute Gasteiger partial charge is 0.496 e. The van der Waals surface area contributed by atoms with Gasteiger partial charge < -0.3 is 19.8 Å². The second-order valence-electron chi connectivity index (χ2n) is 8.08. The molecule has 1 heterocycles. The first-order chi connectivity index (χ1) is 14.0. The first-order valence-electron chi connectivity index (χ1n) is 10.2. The molecule has 0 spiro atoms. The summed E-state index contributed by atoms with van der Waals surface area (Å²) in [5.74, 6) is 0.435. The molecule has 156 valence electrons. The normalized spacial score (nSPS) is 16.4. The Balaban J connectivity index is 1.72. The molecule has 0 radical (unpaired) electrons. The van der Waals surface area contributed by atoms with Gasteiger partial charge in [-0.25, -0.2) is 0 Å². The van der Waals surface area contributed by atoms with Gasteiger partial charge >= 0.3 is 0 Å². The smallest absolute Gasteiger partial charge is 0.287 e. The Kier molecular flexibility index (Phi) is 6.62. The Labute approximate surface area is 172 Å². The minimum absolute atomic E-state index is 0.0558. The second kappa shape index (κ2) is 9.16. The lowest BCUT2D eigenvalue weighted by molar-refractivity contribution is -0.124. The quantitative estimate of drug-likeness (QED) is 0.711. The number of nitrogens with one attached hydrogen (secondary N) is 2. The van der Waals surface area contributed by atoms with E-state index in [1.165, 1.54) is 6.26 Å². The number of rotatable bonds is 8. The van der Waals surface area contributed by atoms with Gasteiger partial charge in [0.1, 0.15) is 11.8 Å². The van der Waals surface area contributed by atoms with Crippen LogP contribution in [-0.4, -0.2) is 31.5 Å². The highest BCUT2D eigenvalue weighted by Gasteiger charge is 2.38. The van der Waals surface area contributed by atoms with Crippen molar-refractivity contribution < 1.29 is 18.7 Å². The van der Waals surface area contributed by atoms with E-state index >= 15 is 0 Å². The number of methoxy groups -OCH3 is 1. The third-order valence-electron chi connectivity index (χ3n) is 5.82. The Hall–Kier alpha value is -2.76. The van der Waals surface area contributed by atoms with Gasteiger partial charge in [0, 0.05) is 17.5 Å². The van der Waals surface area contributed by atoms with E-state index in [4.69, 9.17) is 9.15 Å². The van der Waals surface area contributed by atoms with Gasteiger partial charge in [0.2, 0.25) is 5.91 Å². The third kappa shape index (κ3) is 4.63. The minimum atomic E-state index is -0.635. The first kappa shape index (κ1) is 21.0. The van der Waals surface area contributed by atoms with Crippen molar-refractivity contribution in [1.82, 2.24) is 10.6 Å². The number of hydrogen-bond donors (Lipinski definition) is 2. The topological polar surface area (TPSA) is 80.6 Å². The zero-order valence-corrected chi connectivity index (χ0v) is 17.4. The van der Waals surface area contributed by atoms with Crippen LogP contribution >= 0.6 is 0 Å². The molecule has 0 bridgehead atoms. The van der Waals surface area contributed by atoms with E-state index in [1.54, 1.807) is 19.2 Å². The lowest BCUT2D eigenvalue weighted by Gasteiger charge is -2.32. The fourth-order valence-corrected chi connectivity index (χ4v) is 4.20. The summed E-state index contributed by atoms with van der Waals surface area (Å²) in [6.45, 7) is 4.35. The summed E-state index contributed by atoms with van der Waals surface area (Å²) in [5, 5.41) is 5.91. The molecule has 6 nitrogen and oxygen atoms in total. The molecule has 1 unspecified atom stereocenters. The van der Waals surface area contributed by atoms with Crippen molar-refractivity contribution in [2.45, 2.75) is 51.0 Å². The van der Waals surface area contributed by atoms with Gasteiger partial charge in [-0.05, 0) is 37.0 Å². The summed E-state index contributed by atoms with van der Waals surface area (Å²) < 4.78 is 10.7. The van der Waals surface area contributed by atoms with Crippen molar-refractivity contribution in [3.05, 3.63) is 54.0 Å². The number of furan rings is 1. The van der Waals surface area contributed by atoms with Crippen LogP contribution in [0, 0.1) is 5.92 Å². The average Bonchev–Trinajstić information content (AvgIpc) is 3.42. The fourth-order valence-electron chi connectivity index (χ4n) is 4.20. The van der Waals surface area contributed by atoms with Crippen LogP contribution in [0.2, 0.25) is 0 Å². The summed E-state index contributed by atoms with van der Waals surface area (Å²) in [6, 6.07) is 10.6. The van der Waals surface area contributed by atoms with Crippen LogP contribution in [0.25, 0.3) is 0 Å². The van der Waals surface area contributed by atoms with E-state index in [1.807, 2.05) is 32.0 Å². The van der Waals surface area contributed by atoms with E-state index < -0.39 is 6.04 Å². The van der Waals surface area contributed by atoms with Crippen LogP contribution in [0.3, 0.4) is 0 Å². The van der Waals surface area contributed by atoms with Crippen molar-refractivity contribution in [3.8, 4) is 5.75 Å². The summed E-state index contributed by atoms with van der Waals surface area (Å²) in [4.78, 5) is 25.3. The molecule has 1 aromatic carbocycles. The molecule has 3 rings (SSSR count). The van der Waals surface area contributed by atoms with Crippen molar-refractivity contribution >= 4 is 11.8 Å². The van der Waals surface area contributed by atoms with Crippen LogP contribution in [0.5, 0.6) is 5.75 Å². The first-order valence-corrected chi connectivity index (χ1v) is 10.2. The number of hydrogen-bond acceptors (Lipinski definition) is 4. The Morgan fingerprint density at radius 1 is 1.14 bits per heavy atom. The molecule has 29 heavy (non-hydrogen) atoms. The molecule has 1 fully saturated rings. The lowest BCUT2D eigenvalue weighted by atomic mass is 9.78. The monoisotopic (exact) mass is 398 g/mol. The minimum Gasteiger partial charge on any atom is -0.496 e. The molecule has 1 atom stereocenters. The summed E-state index contributed by atoms with van der Waals surface area (Å²) in [5.41, 5.74) is 0.996. The van der Waals surface area contributed by atoms with Gasteiger partial charge in [-0.2, -0.15) is 0 Å². The molecule has 1 aliphatic carbocycles. The van der Waals surface area contributed by atoms with Gasteiger partial charge in [0.15, 0.2) is 5.76 Å². The van der Waals surface area contributed by atoms with Crippen LogP contribution in [0.15, 0.2) is 47.1 Å². The van der Waals surface area contributed by atoms with Crippen LogP contribution in [-0.2, 0) is 10.2 Å². The van der Waals surface area contributed by atoms with Crippen molar-refractivity contribution in [3.63, 3.8) is 0 Å². The van der Waals surface area contributed by atoms with Crippen LogP contribution in [0.1, 0.15) is 55.6 Å². The van der Waals surface area contributed by atoms with E-state index in [9.17, 15) is 9.59 Å². The number of para-hydroxylation sites is 1. The maximum Gasteiger partial charge on any atom is 0.287 e. The molecule has 0 saturated heterocycles. The summed E-state index contributed by atoms with van der Waals surface area (Å²) in [7, 11) is 1.68. The fraction of sp³-hybridized carbons (Fsp3) is 0.478. The SMILES string of the molecule is COc1ccccc1C1(CNC(=O)C(NC(=O)c2ccco2)C(C)C)CCCC1. The Bertz CT molecular complexity index is 823. The standard InChI is InChI=1S/C23H30N2O4/c1-16(2)20(25-21(26)19-11-8-14-29-19)22(27)24-15-23(12-6-7-13-23)17-9-4-5-10-18(17)28-3/h4-5,8-11,14,16,20H,6-7,12-13,15H2,1-3H3,(H,24,27)(H,25,26). The molecule has 1 aromatic heterocycles. The zero-order valence-electron chi connectivity index (χ0n) is 17.4. The molecule has 1 aliphatic rings. The maximum atomic E-state index is 13.0. The highest BCUT2D eigenvalue weighted by atomic mass is 16.5. The summed E-state index contributed by atoms with van der Waals surface area (Å²) in [6.07, 6.45) is 5.68. The number of ether oxygens (including phenoxy) is 1. The highest BCUT2D eigenvalue weighted by molar-refractivity contribution is 5.95. The molecule has 2 aromatic rings. The van der Waals surface area contributed by atoms with Crippen LogP contribution in [0.4, 0.5) is 0 Å². The molecular weight excluding hydrogens is 368 g/mol. The van der Waals surface area contributed by atoms with E-state index in [2.05, 4.69) is 16.7 Å². The molecule has 0 aliphatic heterocycles. The Morgan fingerprint density at radius 3 is 2.48 bits per heavy atom. The molecule has 2 N–H and O–H groups in total. The highest BCUT2D eigenvalue weighted by Crippen LogP contribution is 2.44. The lowest BCUT2D eigenvalue weighted by Crippen LogP contribution is -2.52. The maximum absolute atomic E-state index is 13.0. The van der Waals surface area contributed by atoms with Crippen molar-refractivity contribution in [1.29, 1.82) is 0 Å². The van der Waals surface area contributed by atoms with Crippen molar-refractivity contribution in [2.24, 2.45) is 5.92 Å². The van der Waals surface area contributed by atoms with Gasteiger partial charge in [0.25, 0.3) is 5.91 Å². The van der Waals surface area contributed by atoms with Gasteiger partial charge in [-0.15, -0.1) is 0 Å².